The maximum atomic E-state index is 11.3. The van der Waals surface area contributed by atoms with Crippen molar-refractivity contribution in [1.29, 1.82) is 0 Å². The molecule has 0 saturated heterocycles. The van der Waals surface area contributed by atoms with Crippen LogP contribution in [-0.4, -0.2) is 25.0 Å². The fourth-order valence-corrected chi connectivity index (χ4v) is 1.14. The van der Waals surface area contributed by atoms with Gasteiger partial charge in [0.25, 0.3) is 0 Å². The van der Waals surface area contributed by atoms with E-state index in [0.717, 1.165) is 5.56 Å². The molecule has 0 aliphatic carbocycles. The zero-order chi connectivity index (χ0) is 10.7. The van der Waals surface area contributed by atoms with E-state index in [-0.39, 0.29) is 6.03 Å². The Hall–Kier alpha value is -1.22. The number of aryl methyl sites for hydroxylation is 1. The second-order valence-corrected chi connectivity index (χ2v) is 3.64. The van der Waals surface area contributed by atoms with Gasteiger partial charge < -0.3 is 10.2 Å². The Morgan fingerprint density at radius 2 is 2.07 bits per heavy atom. The standard InChI is InChI=1S/C10H13ClN2O/c1-7-5-4-6-8(9(7)11)12-10(14)13(2)3/h4-6H,1-3H3,(H,12,14). The van der Waals surface area contributed by atoms with Crippen LogP contribution in [-0.2, 0) is 0 Å². The monoisotopic (exact) mass is 212 g/mol. The first-order valence-electron chi connectivity index (χ1n) is 4.26. The van der Waals surface area contributed by atoms with Gasteiger partial charge in [0, 0.05) is 14.1 Å². The van der Waals surface area contributed by atoms with E-state index >= 15 is 0 Å². The molecule has 0 aromatic heterocycles. The van der Waals surface area contributed by atoms with Gasteiger partial charge in [-0.3, -0.25) is 0 Å². The molecule has 4 heteroatoms. The number of carbonyl (C=O) groups excluding carboxylic acids is 1. The molecule has 0 bridgehead atoms. The zero-order valence-corrected chi connectivity index (χ0v) is 9.22. The van der Waals surface area contributed by atoms with Gasteiger partial charge in [0.15, 0.2) is 0 Å². The molecule has 0 saturated carbocycles. The first-order chi connectivity index (χ1) is 6.52. The van der Waals surface area contributed by atoms with Crippen LogP contribution in [0.15, 0.2) is 18.2 Å². The Morgan fingerprint density at radius 3 is 2.64 bits per heavy atom. The number of halogens is 1. The van der Waals surface area contributed by atoms with Crippen molar-refractivity contribution >= 4 is 23.3 Å². The van der Waals surface area contributed by atoms with Crippen molar-refractivity contribution in [2.24, 2.45) is 0 Å². The summed E-state index contributed by atoms with van der Waals surface area (Å²) in [6.45, 7) is 1.90. The summed E-state index contributed by atoms with van der Waals surface area (Å²) in [5, 5.41) is 3.29. The molecule has 76 valence electrons. The van der Waals surface area contributed by atoms with Gasteiger partial charge in [0.05, 0.1) is 10.7 Å². The maximum absolute atomic E-state index is 11.3. The number of carbonyl (C=O) groups is 1. The van der Waals surface area contributed by atoms with Gasteiger partial charge >= 0.3 is 6.03 Å². The molecule has 0 unspecified atom stereocenters. The van der Waals surface area contributed by atoms with E-state index in [0.29, 0.717) is 10.7 Å². The number of rotatable bonds is 1. The number of benzene rings is 1. The fourth-order valence-electron chi connectivity index (χ4n) is 0.971. The molecule has 0 aliphatic rings. The summed E-state index contributed by atoms with van der Waals surface area (Å²) in [6.07, 6.45) is 0. The molecule has 1 aromatic carbocycles. The van der Waals surface area contributed by atoms with Crippen molar-refractivity contribution in [2.75, 3.05) is 19.4 Å². The summed E-state index contributed by atoms with van der Waals surface area (Å²) in [5.41, 5.74) is 1.59. The van der Waals surface area contributed by atoms with E-state index in [1.54, 1.807) is 20.2 Å². The molecular formula is C10H13ClN2O. The lowest BCUT2D eigenvalue weighted by Gasteiger charge is -2.13. The summed E-state index contributed by atoms with van der Waals surface area (Å²) in [5.74, 6) is 0. The minimum atomic E-state index is -0.183. The minimum Gasteiger partial charge on any atom is -0.331 e. The first kappa shape index (κ1) is 10.9. The van der Waals surface area contributed by atoms with Crippen molar-refractivity contribution in [3.63, 3.8) is 0 Å². The number of urea groups is 1. The Bertz CT molecular complexity index is 350. The van der Waals surface area contributed by atoms with Crippen LogP contribution in [0.1, 0.15) is 5.56 Å². The van der Waals surface area contributed by atoms with Crippen molar-refractivity contribution in [3.8, 4) is 0 Å². The zero-order valence-electron chi connectivity index (χ0n) is 8.47. The first-order valence-corrected chi connectivity index (χ1v) is 4.63. The summed E-state index contributed by atoms with van der Waals surface area (Å²) in [7, 11) is 3.36. The van der Waals surface area contributed by atoms with Crippen LogP contribution in [0.25, 0.3) is 0 Å². The molecule has 0 fully saturated rings. The van der Waals surface area contributed by atoms with Crippen molar-refractivity contribution in [2.45, 2.75) is 6.92 Å². The van der Waals surface area contributed by atoms with Gasteiger partial charge in [0.2, 0.25) is 0 Å². The Morgan fingerprint density at radius 1 is 1.43 bits per heavy atom. The van der Waals surface area contributed by atoms with Crippen molar-refractivity contribution in [1.82, 2.24) is 4.90 Å². The van der Waals surface area contributed by atoms with Gasteiger partial charge in [-0.15, -0.1) is 0 Å². The number of nitrogens with one attached hydrogen (secondary N) is 1. The van der Waals surface area contributed by atoms with Gasteiger partial charge in [-0.25, -0.2) is 4.79 Å². The lowest BCUT2D eigenvalue weighted by molar-refractivity contribution is 0.230. The lowest BCUT2D eigenvalue weighted by Crippen LogP contribution is -2.27. The van der Waals surface area contributed by atoms with Crippen LogP contribution >= 0.6 is 11.6 Å². The van der Waals surface area contributed by atoms with Crippen LogP contribution in [0.5, 0.6) is 0 Å². The Balaban J connectivity index is 2.87. The van der Waals surface area contributed by atoms with Crippen molar-refractivity contribution < 1.29 is 4.79 Å². The molecular weight excluding hydrogens is 200 g/mol. The van der Waals surface area contributed by atoms with E-state index in [9.17, 15) is 4.79 Å². The highest BCUT2D eigenvalue weighted by Crippen LogP contribution is 2.24. The SMILES string of the molecule is Cc1cccc(NC(=O)N(C)C)c1Cl. The van der Waals surface area contributed by atoms with Crippen LogP contribution in [0.4, 0.5) is 10.5 Å². The Kier molecular flexibility index (Phi) is 3.36. The number of nitrogens with zero attached hydrogens (tertiary/aromatic N) is 1. The Labute approximate surface area is 88.7 Å². The van der Waals surface area contributed by atoms with Crippen LogP contribution in [0.3, 0.4) is 0 Å². The third kappa shape index (κ3) is 2.39. The second-order valence-electron chi connectivity index (χ2n) is 3.26. The molecule has 1 aromatic rings. The average molecular weight is 213 g/mol. The molecule has 0 aliphatic heterocycles. The van der Waals surface area contributed by atoms with E-state index in [1.807, 2.05) is 19.1 Å². The molecule has 3 nitrogen and oxygen atoms in total. The highest BCUT2D eigenvalue weighted by atomic mass is 35.5. The van der Waals surface area contributed by atoms with Gasteiger partial charge in [-0.2, -0.15) is 0 Å². The predicted octanol–water partition coefficient (Wildman–Crippen LogP) is 2.74. The molecule has 14 heavy (non-hydrogen) atoms. The molecule has 2 amide bonds. The summed E-state index contributed by atoms with van der Waals surface area (Å²) in [4.78, 5) is 12.8. The third-order valence-electron chi connectivity index (χ3n) is 1.84. The largest absolute Gasteiger partial charge is 0.331 e. The smallest absolute Gasteiger partial charge is 0.321 e. The lowest BCUT2D eigenvalue weighted by atomic mass is 10.2. The van der Waals surface area contributed by atoms with Crippen LogP contribution in [0.2, 0.25) is 5.02 Å². The van der Waals surface area contributed by atoms with E-state index in [4.69, 9.17) is 11.6 Å². The van der Waals surface area contributed by atoms with Gasteiger partial charge in [-0.1, -0.05) is 23.7 Å². The van der Waals surface area contributed by atoms with E-state index < -0.39 is 0 Å². The van der Waals surface area contributed by atoms with Crippen molar-refractivity contribution in [3.05, 3.63) is 28.8 Å². The average Bonchev–Trinajstić information content (AvgIpc) is 2.12. The molecule has 1 N–H and O–H groups in total. The highest BCUT2D eigenvalue weighted by Gasteiger charge is 2.07. The summed E-state index contributed by atoms with van der Waals surface area (Å²) in [6, 6.07) is 5.34. The molecule has 0 radical (unpaired) electrons. The van der Waals surface area contributed by atoms with Crippen LogP contribution < -0.4 is 5.32 Å². The summed E-state index contributed by atoms with van der Waals surface area (Å²) < 4.78 is 0. The number of hydrogen-bond donors (Lipinski definition) is 1. The molecule has 0 spiro atoms. The fraction of sp³-hybridized carbons (Fsp3) is 0.300. The maximum Gasteiger partial charge on any atom is 0.321 e. The number of amides is 2. The predicted molar refractivity (Wildman–Crippen MR) is 58.9 cm³/mol. The minimum absolute atomic E-state index is 0.183. The molecule has 0 atom stereocenters. The quantitative estimate of drug-likeness (QED) is 0.763. The van der Waals surface area contributed by atoms with Gasteiger partial charge in [0.1, 0.15) is 0 Å². The normalized spacial score (nSPS) is 9.71. The second kappa shape index (κ2) is 4.33. The molecule has 0 heterocycles. The summed E-state index contributed by atoms with van der Waals surface area (Å²) >= 11 is 6.01. The van der Waals surface area contributed by atoms with Crippen LogP contribution in [0, 0.1) is 6.92 Å². The number of hydrogen-bond acceptors (Lipinski definition) is 1. The number of anilines is 1. The highest BCUT2D eigenvalue weighted by molar-refractivity contribution is 6.34. The topological polar surface area (TPSA) is 32.3 Å². The van der Waals surface area contributed by atoms with E-state index in [1.165, 1.54) is 4.90 Å². The third-order valence-corrected chi connectivity index (χ3v) is 2.34. The molecule has 1 rings (SSSR count). The van der Waals surface area contributed by atoms with E-state index in [2.05, 4.69) is 5.32 Å². The van der Waals surface area contributed by atoms with Gasteiger partial charge in [-0.05, 0) is 18.6 Å².